The van der Waals surface area contributed by atoms with Gasteiger partial charge in [-0.25, -0.2) is 0 Å². The zero-order chi connectivity index (χ0) is 28.0. The van der Waals surface area contributed by atoms with E-state index in [1.807, 2.05) is 42.5 Å². The molecule has 1 fully saturated rings. The van der Waals surface area contributed by atoms with Crippen LogP contribution in [0.2, 0.25) is 0 Å². The third-order valence-corrected chi connectivity index (χ3v) is 7.20. The lowest BCUT2D eigenvalue weighted by Crippen LogP contribution is -2.32. The molecule has 208 valence electrons. The van der Waals surface area contributed by atoms with Gasteiger partial charge in [-0.1, -0.05) is 24.3 Å². The van der Waals surface area contributed by atoms with E-state index < -0.39 is 17.6 Å². The topological polar surface area (TPSA) is 60.0 Å². The molecule has 39 heavy (non-hydrogen) atoms. The lowest BCUT2D eigenvalue weighted by molar-refractivity contribution is -0.137. The monoisotopic (exact) mass is 542 g/mol. The number of carbonyl (C=O) groups is 1. The molecule has 0 aliphatic carbocycles. The molecular weight excluding hydrogens is 509 g/mol. The first kappa shape index (κ1) is 28.3. The van der Waals surface area contributed by atoms with Crippen LogP contribution < -0.4 is 19.5 Å². The first-order valence-electron chi connectivity index (χ1n) is 12.7. The summed E-state index contributed by atoms with van der Waals surface area (Å²) in [5.41, 5.74) is 1.40. The number of ether oxygens (including phenoxy) is 3. The number of likely N-dealkylation sites (tertiary alicyclic amines) is 1. The van der Waals surface area contributed by atoms with Crippen LogP contribution in [0.5, 0.6) is 17.2 Å². The molecule has 0 aromatic heterocycles. The van der Waals surface area contributed by atoms with Crippen molar-refractivity contribution in [2.24, 2.45) is 5.92 Å². The van der Waals surface area contributed by atoms with Crippen LogP contribution in [0.1, 0.15) is 33.0 Å². The summed E-state index contributed by atoms with van der Waals surface area (Å²) in [5.74, 6) is 1.83. The van der Waals surface area contributed by atoms with Gasteiger partial charge in [-0.05, 0) is 65.9 Å². The zero-order valence-electron chi connectivity index (χ0n) is 22.3. The number of benzene rings is 3. The van der Waals surface area contributed by atoms with E-state index in [4.69, 9.17) is 14.2 Å². The maximum absolute atomic E-state index is 13.1. The summed E-state index contributed by atoms with van der Waals surface area (Å²) < 4.78 is 55.4. The van der Waals surface area contributed by atoms with Crippen LogP contribution in [0.3, 0.4) is 0 Å². The third kappa shape index (κ3) is 7.03. The smallest absolute Gasteiger partial charge is 0.416 e. The van der Waals surface area contributed by atoms with Crippen molar-refractivity contribution < 1.29 is 32.2 Å². The largest absolute Gasteiger partial charge is 0.497 e. The summed E-state index contributed by atoms with van der Waals surface area (Å²) in [5, 5.41) is 2.88. The normalized spacial score (nSPS) is 17.6. The second-order valence-electron chi connectivity index (χ2n) is 9.63. The van der Waals surface area contributed by atoms with E-state index in [2.05, 4.69) is 10.2 Å². The van der Waals surface area contributed by atoms with E-state index in [0.29, 0.717) is 18.0 Å². The van der Waals surface area contributed by atoms with Crippen LogP contribution in [0, 0.1) is 5.92 Å². The summed E-state index contributed by atoms with van der Waals surface area (Å²) in [6.45, 7) is 2.69. The van der Waals surface area contributed by atoms with Gasteiger partial charge < -0.3 is 24.4 Å². The number of carbonyl (C=O) groups excluding carboxylic acids is 1. The van der Waals surface area contributed by atoms with Gasteiger partial charge >= 0.3 is 6.18 Å². The predicted octanol–water partition coefficient (Wildman–Crippen LogP) is 5.42. The maximum Gasteiger partial charge on any atom is 0.416 e. The Labute approximate surface area is 226 Å². The summed E-state index contributed by atoms with van der Waals surface area (Å²) >= 11 is 0. The summed E-state index contributed by atoms with van der Waals surface area (Å²) in [6, 6.07) is 18.3. The van der Waals surface area contributed by atoms with Crippen molar-refractivity contribution >= 4 is 5.91 Å². The predicted molar refractivity (Wildman–Crippen MR) is 143 cm³/mol. The fourth-order valence-corrected chi connectivity index (χ4v) is 5.06. The van der Waals surface area contributed by atoms with E-state index in [0.717, 1.165) is 55.1 Å². The summed E-state index contributed by atoms with van der Waals surface area (Å²) in [7, 11) is 4.83. The Kier molecular flexibility index (Phi) is 9.01. The number of hydrogen-bond donors (Lipinski definition) is 1. The third-order valence-electron chi connectivity index (χ3n) is 7.20. The first-order chi connectivity index (χ1) is 18.7. The molecule has 3 aromatic carbocycles. The number of nitrogens with one attached hydrogen (secondary N) is 1. The second kappa shape index (κ2) is 12.4. The molecule has 9 heteroatoms. The Balaban J connectivity index is 1.45. The molecule has 6 nitrogen and oxygen atoms in total. The van der Waals surface area contributed by atoms with Gasteiger partial charge in [-0.2, -0.15) is 13.2 Å². The number of methoxy groups -OCH3 is 3. The maximum atomic E-state index is 13.1. The van der Waals surface area contributed by atoms with E-state index in [-0.39, 0.29) is 17.4 Å². The number of rotatable bonds is 10. The van der Waals surface area contributed by atoms with Gasteiger partial charge in [0.05, 0.1) is 26.9 Å². The van der Waals surface area contributed by atoms with Crippen molar-refractivity contribution in [1.82, 2.24) is 10.2 Å². The second-order valence-corrected chi connectivity index (χ2v) is 9.63. The average molecular weight is 543 g/mol. The number of hydrogen-bond acceptors (Lipinski definition) is 5. The van der Waals surface area contributed by atoms with Crippen LogP contribution in [0.4, 0.5) is 13.2 Å². The van der Waals surface area contributed by atoms with Crippen LogP contribution in [-0.2, 0) is 12.6 Å². The molecule has 4 rings (SSSR count). The van der Waals surface area contributed by atoms with Crippen molar-refractivity contribution in [3.63, 3.8) is 0 Å². The highest BCUT2D eigenvalue weighted by molar-refractivity contribution is 5.94. The van der Waals surface area contributed by atoms with Crippen molar-refractivity contribution in [3.8, 4) is 17.2 Å². The minimum Gasteiger partial charge on any atom is -0.497 e. The first-order valence-corrected chi connectivity index (χ1v) is 12.7. The molecule has 0 saturated carbocycles. The van der Waals surface area contributed by atoms with E-state index in [9.17, 15) is 18.0 Å². The number of halogens is 3. The molecular formula is C30H33F3N2O4. The van der Waals surface area contributed by atoms with Crippen LogP contribution in [0.25, 0.3) is 0 Å². The standard InChI is InChI=1S/C30H33F3N2O4/c1-37-25-10-8-21(9-11-25)26-19-35(14-13-20-7-12-27(38-2)28(15-20)39-3)18-23(26)17-34-29(36)22-5-4-6-24(16-22)30(31,32)33/h4-12,15-16,23,26H,13-14,17-19H2,1-3H3,(H,34,36)/t23-,26+/m0/s1. The Morgan fingerprint density at radius 2 is 1.67 bits per heavy atom. The zero-order valence-corrected chi connectivity index (χ0v) is 22.3. The number of amides is 1. The Morgan fingerprint density at radius 1 is 0.923 bits per heavy atom. The highest BCUT2D eigenvalue weighted by Crippen LogP contribution is 2.34. The van der Waals surface area contributed by atoms with Crippen LogP contribution >= 0.6 is 0 Å². The van der Waals surface area contributed by atoms with Gasteiger partial charge in [-0.3, -0.25) is 4.79 Å². The SMILES string of the molecule is COc1ccc([C@H]2CN(CCc3ccc(OC)c(OC)c3)C[C@@H]2CNC(=O)c2cccc(C(F)(F)F)c2)cc1. The molecule has 0 radical (unpaired) electrons. The summed E-state index contributed by atoms with van der Waals surface area (Å²) in [6.07, 6.45) is -3.70. The minimum absolute atomic E-state index is 0.00544. The van der Waals surface area contributed by atoms with Gasteiger partial charge in [0, 0.05) is 37.7 Å². The van der Waals surface area contributed by atoms with Crippen molar-refractivity contribution in [1.29, 1.82) is 0 Å². The van der Waals surface area contributed by atoms with Gasteiger partial charge in [0.2, 0.25) is 0 Å². The Bertz CT molecular complexity index is 1260. The van der Waals surface area contributed by atoms with E-state index >= 15 is 0 Å². The molecule has 0 spiro atoms. The van der Waals surface area contributed by atoms with Crippen LogP contribution in [-0.4, -0.2) is 58.3 Å². The molecule has 1 aliphatic heterocycles. The van der Waals surface area contributed by atoms with Gasteiger partial charge in [0.25, 0.3) is 5.91 Å². The summed E-state index contributed by atoms with van der Waals surface area (Å²) in [4.78, 5) is 15.1. The highest BCUT2D eigenvalue weighted by atomic mass is 19.4. The molecule has 3 aromatic rings. The Hall–Kier alpha value is -3.72. The van der Waals surface area contributed by atoms with Crippen molar-refractivity contribution in [2.45, 2.75) is 18.5 Å². The molecule has 1 N–H and O–H groups in total. The molecule has 1 heterocycles. The van der Waals surface area contributed by atoms with Gasteiger partial charge in [0.15, 0.2) is 11.5 Å². The molecule has 1 aliphatic rings. The quantitative estimate of drug-likeness (QED) is 0.371. The molecule has 0 bridgehead atoms. The molecule has 2 atom stereocenters. The highest BCUT2D eigenvalue weighted by Gasteiger charge is 2.34. The molecule has 0 unspecified atom stereocenters. The van der Waals surface area contributed by atoms with Gasteiger partial charge in [0.1, 0.15) is 5.75 Å². The number of nitrogens with zero attached hydrogens (tertiary/aromatic N) is 1. The Morgan fingerprint density at radius 3 is 2.33 bits per heavy atom. The van der Waals surface area contributed by atoms with E-state index in [1.165, 1.54) is 12.1 Å². The lowest BCUT2D eigenvalue weighted by Gasteiger charge is -2.20. The fraction of sp³-hybridized carbons (Fsp3) is 0.367. The van der Waals surface area contributed by atoms with Crippen molar-refractivity contribution in [2.75, 3.05) is 47.5 Å². The average Bonchev–Trinajstić information content (AvgIpc) is 3.37. The van der Waals surface area contributed by atoms with E-state index in [1.54, 1.807) is 21.3 Å². The minimum atomic E-state index is -4.50. The molecule has 1 amide bonds. The lowest BCUT2D eigenvalue weighted by atomic mass is 9.89. The fourth-order valence-electron chi connectivity index (χ4n) is 5.06. The van der Waals surface area contributed by atoms with Gasteiger partial charge in [-0.15, -0.1) is 0 Å². The molecule has 1 saturated heterocycles. The van der Waals surface area contributed by atoms with Crippen LogP contribution in [0.15, 0.2) is 66.7 Å². The van der Waals surface area contributed by atoms with Crippen molar-refractivity contribution in [3.05, 3.63) is 89.0 Å². The number of alkyl halides is 3.